The smallest absolute Gasteiger partial charge is 0.170 e. The second-order valence-corrected chi connectivity index (χ2v) is 5.89. The third kappa shape index (κ3) is 6.18. The SMILES string of the molecule is Fc1ccc(NC(=S)NCCCSCc2ccco2)cc1. The zero-order chi connectivity index (χ0) is 14.9. The number of hydrogen-bond acceptors (Lipinski definition) is 3. The number of rotatable bonds is 7. The van der Waals surface area contributed by atoms with Crippen molar-refractivity contribution >= 4 is 34.8 Å². The average molecular weight is 324 g/mol. The van der Waals surface area contributed by atoms with Crippen LogP contribution in [0, 0.1) is 5.82 Å². The van der Waals surface area contributed by atoms with Crippen LogP contribution in [-0.2, 0) is 5.75 Å². The number of anilines is 1. The van der Waals surface area contributed by atoms with Crippen LogP contribution in [0.3, 0.4) is 0 Å². The second kappa shape index (κ2) is 8.69. The Balaban J connectivity index is 1.54. The number of halogens is 1. The normalized spacial score (nSPS) is 10.3. The van der Waals surface area contributed by atoms with E-state index in [2.05, 4.69) is 10.6 Å². The monoisotopic (exact) mass is 324 g/mol. The van der Waals surface area contributed by atoms with Crippen LogP contribution in [0.15, 0.2) is 47.1 Å². The lowest BCUT2D eigenvalue weighted by atomic mass is 10.3. The third-order valence-corrected chi connectivity index (χ3v) is 3.99. The highest BCUT2D eigenvalue weighted by Gasteiger charge is 1.99. The second-order valence-electron chi connectivity index (χ2n) is 4.37. The molecule has 0 fully saturated rings. The molecule has 0 saturated heterocycles. The molecule has 2 aromatic rings. The third-order valence-electron chi connectivity index (χ3n) is 2.68. The van der Waals surface area contributed by atoms with Gasteiger partial charge in [0.2, 0.25) is 0 Å². The van der Waals surface area contributed by atoms with Crippen molar-refractivity contribution in [3.05, 3.63) is 54.2 Å². The fraction of sp³-hybridized carbons (Fsp3) is 0.267. The molecule has 1 aromatic heterocycles. The Labute approximate surface area is 133 Å². The molecule has 0 atom stereocenters. The van der Waals surface area contributed by atoms with Crippen LogP contribution in [0.1, 0.15) is 12.2 Å². The van der Waals surface area contributed by atoms with E-state index in [1.807, 2.05) is 23.9 Å². The first-order chi connectivity index (χ1) is 10.2. The molecule has 0 unspecified atom stereocenters. The summed E-state index contributed by atoms with van der Waals surface area (Å²) in [5.74, 6) is 2.67. The first kappa shape index (κ1) is 15.9. The maximum Gasteiger partial charge on any atom is 0.170 e. The van der Waals surface area contributed by atoms with Crippen molar-refractivity contribution in [2.24, 2.45) is 0 Å². The van der Waals surface area contributed by atoms with E-state index >= 15 is 0 Å². The Bertz CT molecular complexity index is 543. The van der Waals surface area contributed by atoms with Crippen molar-refractivity contribution in [3.8, 4) is 0 Å². The van der Waals surface area contributed by atoms with E-state index in [9.17, 15) is 4.39 Å². The van der Waals surface area contributed by atoms with Gasteiger partial charge in [0.25, 0.3) is 0 Å². The van der Waals surface area contributed by atoms with Crippen molar-refractivity contribution in [1.29, 1.82) is 0 Å². The predicted octanol–water partition coefficient (Wildman–Crippen LogP) is 4.03. The van der Waals surface area contributed by atoms with E-state index < -0.39 is 0 Å². The summed E-state index contributed by atoms with van der Waals surface area (Å²) in [5.41, 5.74) is 0.779. The van der Waals surface area contributed by atoms with E-state index in [1.165, 1.54) is 12.1 Å². The number of thioether (sulfide) groups is 1. The average Bonchev–Trinajstić information content (AvgIpc) is 2.98. The minimum atomic E-state index is -0.256. The first-order valence-corrected chi connectivity index (χ1v) is 8.21. The molecule has 6 heteroatoms. The largest absolute Gasteiger partial charge is 0.468 e. The van der Waals surface area contributed by atoms with E-state index in [4.69, 9.17) is 16.6 Å². The van der Waals surface area contributed by atoms with Crippen molar-refractivity contribution in [2.75, 3.05) is 17.6 Å². The summed E-state index contributed by atoms with van der Waals surface area (Å²) in [6.07, 6.45) is 2.70. The Kier molecular flexibility index (Phi) is 6.56. The molecular formula is C15H17FN2OS2. The molecule has 0 radical (unpaired) electrons. The molecule has 0 bridgehead atoms. The molecule has 0 aliphatic heterocycles. The van der Waals surface area contributed by atoms with Gasteiger partial charge in [0.1, 0.15) is 11.6 Å². The summed E-state index contributed by atoms with van der Waals surface area (Å²) >= 11 is 7.00. The summed E-state index contributed by atoms with van der Waals surface area (Å²) in [4.78, 5) is 0. The Morgan fingerprint density at radius 1 is 1.24 bits per heavy atom. The molecule has 0 amide bonds. The van der Waals surface area contributed by atoms with E-state index in [0.29, 0.717) is 5.11 Å². The number of nitrogens with one attached hydrogen (secondary N) is 2. The van der Waals surface area contributed by atoms with Gasteiger partial charge in [0.05, 0.1) is 12.0 Å². The molecule has 3 nitrogen and oxygen atoms in total. The fourth-order valence-corrected chi connectivity index (χ4v) is 2.73. The van der Waals surface area contributed by atoms with Crippen LogP contribution in [0.5, 0.6) is 0 Å². The highest BCUT2D eigenvalue weighted by Crippen LogP contribution is 2.13. The maximum absolute atomic E-state index is 12.8. The molecule has 0 saturated carbocycles. The lowest BCUT2D eigenvalue weighted by molar-refractivity contribution is 0.530. The Morgan fingerprint density at radius 3 is 2.76 bits per heavy atom. The van der Waals surface area contributed by atoms with Gasteiger partial charge in [0, 0.05) is 12.2 Å². The molecule has 112 valence electrons. The van der Waals surface area contributed by atoms with Gasteiger partial charge in [0.15, 0.2) is 5.11 Å². The van der Waals surface area contributed by atoms with Gasteiger partial charge >= 0.3 is 0 Å². The maximum atomic E-state index is 12.8. The zero-order valence-corrected chi connectivity index (χ0v) is 13.1. The van der Waals surface area contributed by atoms with Crippen molar-refractivity contribution in [2.45, 2.75) is 12.2 Å². The van der Waals surface area contributed by atoms with Crippen molar-refractivity contribution in [1.82, 2.24) is 5.32 Å². The molecule has 1 heterocycles. The van der Waals surface area contributed by atoms with Gasteiger partial charge in [-0.15, -0.1) is 0 Å². The Hall–Kier alpha value is -1.53. The van der Waals surface area contributed by atoms with E-state index in [1.54, 1.807) is 18.4 Å². The molecule has 2 rings (SSSR count). The minimum Gasteiger partial charge on any atom is -0.468 e. The van der Waals surface area contributed by atoms with Gasteiger partial charge in [-0.2, -0.15) is 11.8 Å². The zero-order valence-electron chi connectivity index (χ0n) is 11.5. The molecule has 2 N–H and O–H groups in total. The number of furan rings is 1. The summed E-state index contributed by atoms with van der Waals surface area (Å²) in [6.45, 7) is 0.804. The molecule has 1 aromatic carbocycles. The summed E-state index contributed by atoms with van der Waals surface area (Å²) in [6, 6.07) is 9.99. The van der Waals surface area contributed by atoms with Crippen molar-refractivity contribution < 1.29 is 8.81 Å². The van der Waals surface area contributed by atoms with Gasteiger partial charge < -0.3 is 15.1 Å². The summed E-state index contributed by atoms with van der Waals surface area (Å²) < 4.78 is 18.0. The van der Waals surface area contributed by atoms with E-state index in [0.717, 1.165) is 35.9 Å². The minimum absolute atomic E-state index is 0.256. The van der Waals surface area contributed by atoms with Crippen LogP contribution in [0.25, 0.3) is 0 Å². The summed E-state index contributed by atoms with van der Waals surface area (Å²) in [7, 11) is 0. The first-order valence-electron chi connectivity index (χ1n) is 6.64. The van der Waals surface area contributed by atoms with Gasteiger partial charge in [-0.3, -0.25) is 0 Å². The van der Waals surface area contributed by atoms with Crippen molar-refractivity contribution in [3.63, 3.8) is 0 Å². The fourth-order valence-electron chi connectivity index (χ4n) is 1.65. The standard InChI is InChI=1S/C15H17FN2OS2/c16-12-4-6-13(7-5-12)18-15(20)17-8-2-10-21-11-14-3-1-9-19-14/h1,3-7,9H,2,8,10-11H2,(H2,17,18,20). The topological polar surface area (TPSA) is 37.2 Å². The summed E-state index contributed by atoms with van der Waals surface area (Å²) in [5, 5.41) is 6.70. The number of benzene rings is 1. The van der Waals surface area contributed by atoms with Crippen LogP contribution >= 0.6 is 24.0 Å². The quantitative estimate of drug-likeness (QED) is 0.594. The van der Waals surface area contributed by atoms with E-state index in [-0.39, 0.29) is 5.82 Å². The highest BCUT2D eigenvalue weighted by molar-refractivity contribution is 7.98. The predicted molar refractivity (Wildman–Crippen MR) is 90.1 cm³/mol. The highest BCUT2D eigenvalue weighted by atomic mass is 32.2. The van der Waals surface area contributed by atoms with Gasteiger partial charge in [-0.1, -0.05) is 0 Å². The van der Waals surface area contributed by atoms with Crippen LogP contribution in [0.4, 0.5) is 10.1 Å². The van der Waals surface area contributed by atoms with Gasteiger partial charge in [-0.05, 0) is 60.8 Å². The van der Waals surface area contributed by atoms with Crippen LogP contribution in [0.2, 0.25) is 0 Å². The number of thiocarbonyl (C=S) groups is 1. The lowest BCUT2D eigenvalue weighted by Gasteiger charge is -2.10. The molecule has 0 aliphatic carbocycles. The molecule has 0 spiro atoms. The molecular weight excluding hydrogens is 307 g/mol. The Morgan fingerprint density at radius 2 is 2.05 bits per heavy atom. The van der Waals surface area contributed by atoms with Gasteiger partial charge in [-0.25, -0.2) is 4.39 Å². The lowest BCUT2D eigenvalue weighted by Crippen LogP contribution is -2.29. The molecule has 0 aliphatic rings. The molecule has 21 heavy (non-hydrogen) atoms. The van der Waals surface area contributed by atoms with Crippen LogP contribution < -0.4 is 10.6 Å². The van der Waals surface area contributed by atoms with Crippen LogP contribution in [-0.4, -0.2) is 17.4 Å². The number of hydrogen-bond donors (Lipinski definition) is 2.